The minimum Gasteiger partial charge on any atom is -0.544 e. The fourth-order valence-electron chi connectivity index (χ4n) is 8.07. The second-order valence-corrected chi connectivity index (χ2v) is 19.1. The standard InChI is InChI=1S/C53H101NO7/c1-6-8-10-12-14-16-18-20-22-24-26-28-29-31-33-35-37-39-41-43-51(55)60-48-49(47-59-46-45-50(53(57)58)54(3,4)5)61-52(56)44-42-40-38-36-34-32-30-27-25-23-21-19-17-15-13-11-9-7-2/h27,30,49-50H,6-26,28-29,31-48H2,1-5H3/b30-27+. The van der Waals surface area contributed by atoms with E-state index in [9.17, 15) is 19.5 Å². The average Bonchev–Trinajstić information content (AvgIpc) is 3.22. The Kier molecular flexibility index (Phi) is 43.3. The van der Waals surface area contributed by atoms with Crippen LogP contribution in [-0.4, -0.2) is 75.5 Å². The first kappa shape index (κ1) is 59.1. The van der Waals surface area contributed by atoms with Crippen molar-refractivity contribution >= 4 is 17.9 Å². The van der Waals surface area contributed by atoms with E-state index in [4.69, 9.17) is 14.2 Å². The van der Waals surface area contributed by atoms with Gasteiger partial charge < -0.3 is 28.6 Å². The third-order valence-electron chi connectivity index (χ3n) is 12.2. The zero-order valence-corrected chi connectivity index (χ0v) is 41.1. The van der Waals surface area contributed by atoms with Crippen molar-refractivity contribution in [3.8, 4) is 0 Å². The van der Waals surface area contributed by atoms with Gasteiger partial charge in [0.15, 0.2) is 6.10 Å². The Morgan fingerprint density at radius 3 is 1.18 bits per heavy atom. The molecule has 0 fully saturated rings. The molecule has 0 aliphatic carbocycles. The van der Waals surface area contributed by atoms with Crippen molar-refractivity contribution < 1.29 is 38.2 Å². The van der Waals surface area contributed by atoms with Crippen molar-refractivity contribution in [1.82, 2.24) is 0 Å². The Labute approximate surface area is 378 Å². The van der Waals surface area contributed by atoms with Crippen LogP contribution in [0.15, 0.2) is 12.2 Å². The van der Waals surface area contributed by atoms with Gasteiger partial charge in [-0.2, -0.15) is 0 Å². The smallest absolute Gasteiger partial charge is 0.306 e. The molecule has 61 heavy (non-hydrogen) atoms. The molecule has 0 radical (unpaired) electrons. The molecular formula is C53H101NO7. The monoisotopic (exact) mass is 864 g/mol. The van der Waals surface area contributed by atoms with Crippen LogP contribution in [-0.2, 0) is 28.6 Å². The summed E-state index contributed by atoms with van der Waals surface area (Å²) in [7, 11) is 5.42. The number of hydrogen-bond acceptors (Lipinski definition) is 7. The van der Waals surface area contributed by atoms with Gasteiger partial charge in [0, 0.05) is 19.3 Å². The number of quaternary nitrogens is 1. The van der Waals surface area contributed by atoms with Crippen LogP contribution in [0.5, 0.6) is 0 Å². The van der Waals surface area contributed by atoms with Crippen LogP contribution in [0.1, 0.15) is 258 Å². The number of rotatable bonds is 48. The first-order valence-corrected chi connectivity index (χ1v) is 26.2. The Balaban J connectivity index is 4.21. The van der Waals surface area contributed by atoms with Gasteiger partial charge in [-0.15, -0.1) is 0 Å². The number of unbranched alkanes of at least 4 members (excludes halogenated alkanes) is 32. The van der Waals surface area contributed by atoms with Crippen LogP contribution in [0.3, 0.4) is 0 Å². The number of ether oxygens (including phenoxy) is 3. The highest BCUT2D eigenvalue weighted by Gasteiger charge is 2.25. The lowest BCUT2D eigenvalue weighted by Crippen LogP contribution is -2.55. The largest absolute Gasteiger partial charge is 0.544 e. The maximum absolute atomic E-state index is 12.8. The van der Waals surface area contributed by atoms with Crippen molar-refractivity contribution in [3.63, 3.8) is 0 Å². The Morgan fingerprint density at radius 2 is 0.820 bits per heavy atom. The molecule has 0 spiro atoms. The summed E-state index contributed by atoms with van der Waals surface area (Å²) in [6.45, 7) is 4.71. The molecule has 0 aliphatic heterocycles. The molecule has 0 N–H and O–H groups in total. The summed E-state index contributed by atoms with van der Waals surface area (Å²) in [5.41, 5.74) is 0. The molecule has 0 aromatic rings. The summed E-state index contributed by atoms with van der Waals surface area (Å²) >= 11 is 0. The number of carboxylic acid groups (broad SMARTS) is 1. The average molecular weight is 864 g/mol. The molecule has 0 aromatic carbocycles. The summed E-state index contributed by atoms with van der Waals surface area (Å²) in [5, 5.41) is 11.7. The molecular weight excluding hydrogens is 763 g/mol. The SMILES string of the molecule is CCCCCCCCCCC/C=C/CCCCCCCC(=O)OC(COCCC(C(=O)[O-])[N+](C)(C)C)COC(=O)CCCCCCCCCCCCCCCCCCCCC. The first-order chi connectivity index (χ1) is 29.6. The number of allylic oxidation sites excluding steroid dienone is 2. The minimum atomic E-state index is -1.12. The van der Waals surface area contributed by atoms with E-state index >= 15 is 0 Å². The number of hydrogen-bond donors (Lipinski definition) is 0. The van der Waals surface area contributed by atoms with E-state index in [1.807, 2.05) is 21.1 Å². The Hall–Kier alpha value is -1.93. The van der Waals surface area contributed by atoms with Gasteiger partial charge in [0.05, 0.1) is 40.3 Å². The molecule has 0 aliphatic rings. The number of esters is 2. The molecule has 0 saturated carbocycles. The van der Waals surface area contributed by atoms with Crippen molar-refractivity contribution in [3.05, 3.63) is 12.2 Å². The fraction of sp³-hybridized carbons (Fsp3) is 0.906. The van der Waals surface area contributed by atoms with E-state index in [-0.39, 0.29) is 42.7 Å². The Bertz CT molecular complexity index is 1010. The van der Waals surface area contributed by atoms with Gasteiger partial charge in [-0.05, 0) is 38.5 Å². The fourth-order valence-corrected chi connectivity index (χ4v) is 8.07. The molecule has 0 aromatic heterocycles. The minimum absolute atomic E-state index is 0.0435. The van der Waals surface area contributed by atoms with Crippen LogP contribution in [0, 0.1) is 0 Å². The Morgan fingerprint density at radius 1 is 0.475 bits per heavy atom. The lowest BCUT2D eigenvalue weighted by molar-refractivity contribution is -0.889. The summed E-state index contributed by atoms with van der Waals surface area (Å²) in [4.78, 5) is 37.0. The molecule has 0 heterocycles. The number of carboxylic acids is 1. The van der Waals surface area contributed by atoms with Crippen molar-refractivity contribution in [1.29, 1.82) is 0 Å². The van der Waals surface area contributed by atoms with Crippen molar-refractivity contribution in [2.45, 2.75) is 270 Å². The predicted octanol–water partition coefficient (Wildman–Crippen LogP) is 13.7. The van der Waals surface area contributed by atoms with Gasteiger partial charge in [-0.25, -0.2) is 0 Å². The van der Waals surface area contributed by atoms with Gasteiger partial charge >= 0.3 is 11.9 Å². The molecule has 0 rings (SSSR count). The third kappa shape index (κ3) is 43.1. The zero-order valence-electron chi connectivity index (χ0n) is 41.1. The van der Waals surface area contributed by atoms with Gasteiger partial charge in [-0.1, -0.05) is 212 Å². The van der Waals surface area contributed by atoms with E-state index in [1.165, 1.54) is 173 Å². The van der Waals surface area contributed by atoms with Crippen LogP contribution in [0.2, 0.25) is 0 Å². The normalized spacial score (nSPS) is 12.9. The number of nitrogens with zero attached hydrogens (tertiary/aromatic N) is 1. The third-order valence-corrected chi connectivity index (χ3v) is 12.2. The van der Waals surface area contributed by atoms with E-state index in [1.54, 1.807) is 0 Å². The van der Waals surface area contributed by atoms with E-state index in [2.05, 4.69) is 26.0 Å². The summed E-state index contributed by atoms with van der Waals surface area (Å²) < 4.78 is 17.3. The van der Waals surface area contributed by atoms with Crippen LogP contribution in [0.25, 0.3) is 0 Å². The number of carbonyl (C=O) groups excluding carboxylic acids is 3. The van der Waals surface area contributed by atoms with Crippen molar-refractivity contribution in [2.75, 3.05) is 41.0 Å². The second-order valence-electron chi connectivity index (χ2n) is 19.1. The highest BCUT2D eigenvalue weighted by atomic mass is 16.6. The van der Waals surface area contributed by atoms with E-state index in [0.717, 1.165) is 51.4 Å². The molecule has 8 heteroatoms. The molecule has 0 amide bonds. The van der Waals surface area contributed by atoms with E-state index in [0.29, 0.717) is 12.8 Å². The van der Waals surface area contributed by atoms with Crippen LogP contribution in [0.4, 0.5) is 0 Å². The molecule has 8 nitrogen and oxygen atoms in total. The van der Waals surface area contributed by atoms with E-state index < -0.39 is 18.1 Å². The van der Waals surface area contributed by atoms with Crippen molar-refractivity contribution in [2.24, 2.45) is 0 Å². The highest BCUT2D eigenvalue weighted by Crippen LogP contribution is 2.16. The molecule has 0 bridgehead atoms. The van der Waals surface area contributed by atoms with Gasteiger partial charge in [0.1, 0.15) is 12.6 Å². The lowest BCUT2D eigenvalue weighted by atomic mass is 10.0. The maximum atomic E-state index is 12.8. The van der Waals surface area contributed by atoms with Crippen LogP contribution >= 0.6 is 0 Å². The first-order valence-electron chi connectivity index (χ1n) is 26.2. The molecule has 0 saturated heterocycles. The quantitative estimate of drug-likeness (QED) is 0.0260. The molecule has 360 valence electrons. The number of aliphatic carboxylic acids is 1. The number of carbonyl (C=O) groups is 3. The number of likely N-dealkylation sites (N-methyl/N-ethyl adjacent to an activating group) is 1. The maximum Gasteiger partial charge on any atom is 0.306 e. The van der Waals surface area contributed by atoms with Gasteiger partial charge in [-0.3, -0.25) is 9.59 Å². The van der Waals surface area contributed by atoms with Gasteiger partial charge in [0.2, 0.25) is 0 Å². The summed E-state index contributed by atoms with van der Waals surface area (Å²) in [5.74, 6) is -1.72. The molecule has 2 atom stereocenters. The highest BCUT2D eigenvalue weighted by molar-refractivity contribution is 5.70. The van der Waals surface area contributed by atoms with Gasteiger partial charge in [0.25, 0.3) is 0 Å². The molecule has 2 unspecified atom stereocenters. The topological polar surface area (TPSA) is 102 Å². The summed E-state index contributed by atoms with van der Waals surface area (Å²) in [6.07, 6.45) is 49.5. The summed E-state index contributed by atoms with van der Waals surface area (Å²) in [6, 6.07) is -0.724. The zero-order chi connectivity index (χ0) is 44.9. The lowest BCUT2D eigenvalue weighted by Gasteiger charge is -2.34. The second kappa shape index (κ2) is 44.7. The van der Waals surface area contributed by atoms with Crippen LogP contribution < -0.4 is 5.11 Å². The predicted molar refractivity (Wildman–Crippen MR) is 254 cm³/mol.